The third-order valence-corrected chi connectivity index (χ3v) is 4.59. The number of halogens is 2. The molecule has 0 aliphatic rings. The van der Waals surface area contributed by atoms with E-state index >= 15 is 0 Å². The zero-order valence-electron chi connectivity index (χ0n) is 12.7. The lowest BCUT2D eigenvalue weighted by Crippen LogP contribution is -2.38. The van der Waals surface area contributed by atoms with Crippen molar-refractivity contribution in [3.8, 4) is 11.1 Å². The highest BCUT2D eigenvalue weighted by Gasteiger charge is 2.15. The molecule has 0 saturated heterocycles. The molecule has 0 radical (unpaired) electrons. The van der Waals surface area contributed by atoms with Gasteiger partial charge in [0.25, 0.3) is 0 Å². The van der Waals surface area contributed by atoms with Crippen molar-refractivity contribution in [1.82, 2.24) is 16.0 Å². The topological polar surface area (TPSA) is 70.0 Å². The fourth-order valence-corrected chi connectivity index (χ4v) is 3.00. The van der Waals surface area contributed by atoms with Gasteiger partial charge in [0.2, 0.25) is 5.06 Å². The minimum absolute atomic E-state index is 0.287. The minimum atomic E-state index is -0.287. The lowest BCUT2D eigenvalue weighted by Gasteiger charge is -2.19. The molecule has 2 heterocycles. The van der Waals surface area contributed by atoms with E-state index in [1.165, 1.54) is 11.3 Å². The van der Waals surface area contributed by atoms with Crippen LogP contribution in [0.1, 0.15) is 22.9 Å². The molecular formula is C17H12Cl2N4OS. The van der Waals surface area contributed by atoms with Gasteiger partial charge < -0.3 is 4.84 Å². The molecule has 2 aromatic heterocycles. The SMILES string of the molecule is N#Cc1csc(ONNC(c2ccc(Cl)cc2)c2ccc(Cl)cn2)c1. The maximum Gasteiger partial charge on any atom is 0.203 e. The highest BCUT2D eigenvalue weighted by atomic mass is 35.5. The zero-order chi connectivity index (χ0) is 17.6. The summed E-state index contributed by atoms with van der Waals surface area (Å²) in [6, 6.07) is 14.4. The fourth-order valence-electron chi connectivity index (χ4n) is 2.11. The Morgan fingerprint density at radius 1 is 1.12 bits per heavy atom. The van der Waals surface area contributed by atoms with Crippen LogP contribution in [0.15, 0.2) is 54.0 Å². The first kappa shape index (κ1) is 17.7. The summed E-state index contributed by atoms with van der Waals surface area (Å²) in [6.45, 7) is 0. The van der Waals surface area contributed by atoms with Gasteiger partial charge in [-0.25, -0.2) is 5.43 Å². The summed E-state index contributed by atoms with van der Waals surface area (Å²) >= 11 is 13.2. The van der Waals surface area contributed by atoms with Gasteiger partial charge in [-0.2, -0.15) is 5.26 Å². The third kappa shape index (κ3) is 4.69. The first-order valence-corrected chi connectivity index (χ1v) is 8.82. The molecule has 0 amide bonds. The predicted molar refractivity (Wildman–Crippen MR) is 98.5 cm³/mol. The van der Waals surface area contributed by atoms with Gasteiger partial charge in [0.05, 0.1) is 22.3 Å². The first-order valence-electron chi connectivity index (χ1n) is 7.18. The lowest BCUT2D eigenvalue weighted by atomic mass is 10.0. The highest BCUT2D eigenvalue weighted by molar-refractivity contribution is 7.12. The van der Waals surface area contributed by atoms with Crippen LogP contribution in [0.25, 0.3) is 0 Å². The standard InChI is InChI=1S/C17H12Cl2N4OS/c18-13-3-1-12(2-4-13)17(15-6-5-14(19)9-21-15)22-23-24-16-7-11(8-20)10-25-16/h1-7,9-10,17,22-23H. The van der Waals surface area contributed by atoms with Gasteiger partial charge in [-0.15, -0.1) is 11.3 Å². The van der Waals surface area contributed by atoms with E-state index in [-0.39, 0.29) is 6.04 Å². The van der Waals surface area contributed by atoms with Crippen LogP contribution in [-0.4, -0.2) is 4.98 Å². The van der Waals surface area contributed by atoms with Crippen LogP contribution >= 0.6 is 34.5 Å². The molecule has 0 bridgehead atoms. The second kappa shape index (κ2) is 8.30. The number of thiophene rings is 1. The number of pyridine rings is 1. The lowest BCUT2D eigenvalue weighted by molar-refractivity contribution is 0.143. The van der Waals surface area contributed by atoms with E-state index < -0.39 is 0 Å². The Morgan fingerprint density at radius 2 is 1.88 bits per heavy atom. The van der Waals surface area contributed by atoms with Gasteiger partial charge in [-0.1, -0.05) is 40.9 Å². The second-order valence-electron chi connectivity index (χ2n) is 5.00. The van der Waals surface area contributed by atoms with Gasteiger partial charge >= 0.3 is 0 Å². The molecule has 1 aromatic carbocycles. The van der Waals surface area contributed by atoms with E-state index in [0.717, 1.165) is 11.3 Å². The molecule has 8 heteroatoms. The number of nitriles is 1. The van der Waals surface area contributed by atoms with Crippen LogP contribution in [-0.2, 0) is 0 Å². The minimum Gasteiger partial charge on any atom is -0.383 e. The van der Waals surface area contributed by atoms with E-state index in [4.69, 9.17) is 33.3 Å². The molecule has 0 spiro atoms. The smallest absolute Gasteiger partial charge is 0.203 e. The van der Waals surface area contributed by atoms with Gasteiger partial charge in [0, 0.05) is 22.7 Å². The van der Waals surface area contributed by atoms with Crippen LogP contribution in [0.3, 0.4) is 0 Å². The van der Waals surface area contributed by atoms with E-state index in [9.17, 15) is 0 Å². The van der Waals surface area contributed by atoms with Crippen LogP contribution in [0.4, 0.5) is 0 Å². The largest absolute Gasteiger partial charge is 0.383 e. The quantitative estimate of drug-likeness (QED) is 0.606. The summed E-state index contributed by atoms with van der Waals surface area (Å²) < 4.78 is 0. The average Bonchev–Trinajstić information content (AvgIpc) is 3.09. The summed E-state index contributed by atoms with van der Waals surface area (Å²) in [5, 5.41) is 12.3. The number of hydrogen-bond acceptors (Lipinski definition) is 6. The highest BCUT2D eigenvalue weighted by Crippen LogP contribution is 2.24. The van der Waals surface area contributed by atoms with Crippen molar-refractivity contribution in [2.45, 2.75) is 6.04 Å². The Bertz CT molecular complexity index is 829. The van der Waals surface area contributed by atoms with Gasteiger partial charge in [0.1, 0.15) is 6.07 Å². The van der Waals surface area contributed by atoms with Crippen molar-refractivity contribution in [1.29, 1.82) is 5.26 Å². The number of rotatable bonds is 6. The summed E-state index contributed by atoms with van der Waals surface area (Å²) in [5.41, 5.74) is 8.03. The molecule has 3 aromatic rings. The molecule has 0 fully saturated rings. The number of nitrogens with zero attached hydrogens (tertiary/aromatic N) is 2. The number of nitrogens with one attached hydrogen (secondary N) is 2. The fraction of sp³-hybridized carbons (Fsp3) is 0.0588. The van der Waals surface area contributed by atoms with E-state index in [1.54, 1.807) is 35.8 Å². The van der Waals surface area contributed by atoms with E-state index in [0.29, 0.717) is 20.7 Å². The third-order valence-electron chi connectivity index (χ3n) is 3.31. The Morgan fingerprint density at radius 3 is 2.52 bits per heavy atom. The van der Waals surface area contributed by atoms with Crippen molar-refractivity contribution in [2.75, 3.05) is 0 Å². The molecule has 25 heavy (non-hydrogen) atoms. The summed E-state index contributed by atoms with van der Waals surface area (Å²) in [6.07, 6.45) is 1.58. The number of hydrazine groups is 1. The second-order valence-corrected chi connectivity index (χ2v) is 6.75. The van der Waals surface area contributed by atoms with Gasteiger partial charge in [0.15, 0.2) is 0 Å². The molecule has 126 valence electrons. The summed E-state index contributed by atoms with van der Waals surface area (Å²) in [4.78, 5) is 9.79. The van der Waals surface area contributed by atoms with Crippen molar-refractivity contribution >= 4 is 34.5 Å². The Balaban J connectivity index is 1.75. The molecule has 5 nitrogen and oxygen atoms in total. The molecular weight excluding hydrogens is 379 g/mol. The predicted octanol–water partition coefficient (Wildman–Crippen LogP) is 4.50. The Hall–Kier alpha value is -2.14. The monoisotopic (exact) mass is 390 g/mol. The van der Waals surface area contributed by atoms with Gasteiger partial charge in [-0.3, -0.25) is 4.98 Å². The molecule has 1 unspecified atom stereocenters. The number of hydrogen-bond donors (Lipinski definition) is 2. The molecule has 1 atom stereocenters. The molecule has 2 N–H and O–H groups in total. The average molecular weight is 391 g/mol. The molecule has 0 aliphatic carbocycles. The summed E-state index contributed by atoms with van der Waals surface area (Å²) in [5.74, 6) is 0. The van der Waals surface area contributed by atoms with Crippen molar-refractivity contribution in [3.05, 3.63) is 80.9 Å². The molecule has 0 saturated carbocycles. The maximum absolute atomic E-state index is 8.84. The van der Waals surface area contributed by atoms with Gasteiger partial charge in [-0.05, 0) is 29.8 Å². The van der Waals surface area contributed by atoms with E-state index in [1.807, 2.05) is 18.2 Å². The van der Waals surface area contributed by atoms with Crippen LogP contribution in [0.2, 0.25) is 10.0 Å². The number of aromatic nitrogens is 1. The normalized spacial score (nSPS) is 11.7. The molecule has 0 aliphatic heterocycles. The van der Waals surface area contributed by atoms with Crippen molar-refractivity contribution in [2.24, 2.45) is 0 Å². The van der Waals surface area contributed by atoms with Crippen LogP contribution in [0, 0.1) is 11.3 Å². The Kier molecular flexibility index (Phi) is 5.87. The van der Waals surface area contributed by atoms with Crippen LogP contribution < -0.4 is 15.9 Å². The van der Waals surface area contributed by atoms with E-state index in [2.05, 4.69) is 22.1 Å². The zero-order valence-corrected chi connectivity index (χ0v) is 15.1. The first-order chi connectivity index (χ1) is 12.2. The summed E-state index contributed by atoms with van der Waals surface area (Å²) in [7, 11) is 0. The molecule has 3 rings (SSSR count). The van der Waals surface area contributed by atoms with Crippen molar-refractivity contribution in [3.63, 3.8) is 0 Å². The van der Waals surface area contributed by atoms with Crippen molar-refractivity contribution < 1.29 is 4.84 Å². The maximum atomic E-state index is 8.84. The number of benzene rings is 1. The van der Waals surface area contributed by atoms with Crippen LogP contribution in [0.5, 0.6) is 5.06 Å². The Labute approximate surface area is 158 Å².